The number of ether oxygens (including phenoxy) is 1. The Morgan fingerprint density at radius 2 is 1.95 bits per heavy atom. The fourth-order valence-electron chi connectivity index (χ4n) is 2.01. The summed E-state index contributed by atoms with van der Waals surface area (Å²) in [7, 11) is -2.15. The smallest absolute Gasteiger partial charge is 0.244 e. The molecule has 0 aromatic heterocycles. The van der Waals surface area contributed by atoms with Crippen molar-refractivity contribution in [1.82, 2.24) is 4.72 Å². The van der Waals surface area contributed by atoms with Crippen LogP contribution in [0.4, 0.5) is 5.69 Å². The predicted octanol–water partition coefficient (Wildman–Crippen LogP) is 2.69. The van der Waals surface area contributed by atoms with Crippen LogP contribution in [-0.2, 0) is 10.0 Å². The number of hydrogen-bond acceptors (Lipinski definition) is 4. The summed E-state index contributed by atoms with van der Waals surface area (Å²) in [5, 5.41) is 0. The summed E-state index contributed by atoms with van der Waals surface area (Å²) in [5.41, 5.74) is 7.04. The molecule has 1 rings (SSSR count). The Morgan fingerprint density at radius 3 is 2.52 bits per heavy atom. The molecule has 5 nitrogen and oxygen atoms in total. The van der Waals surface area contributed by atoms with E-state index >= 15 is 0 Å². The standard InChI is InChI=1S/C15H26N2O3S/c1-11(2)7-5-6-8-17-21(18,19)15-10-13(16)12(3)9-14(15)20-4/h9-11,17H,5-8,16H2,1-4H3. The fourth-order valence-corrected chi connectivity index (χ4v) is 3.27. The van der Waals surface area contributed by atoms with Crippen LogP contribution in [0.3, 0.4) is 0 Å². The average molecular weight is 314 g/mol. The van der Waals surface area contributed by atoms with Gasteiger partial charge >= 0.3 is 0 Å². The highest BCUT2D eigenvalue weighted by Gasteiger charge is 2.20. The van der Waals surface area contributed by atoms with Gasteiger partial charge in [-0.2, -0.15) is 0 Å². The van der Waals surface area contributed by atoms with Gasteiger partial charge in [0.1, 0.15) is 10.6 Å². The average Bonchev–Trinajstić information content (AvgIpc) is 2.40. The molecule has 0 heterocycles. The van der Waals surface area contributed by atoms with E-state index in [0.717, 1.165) is 24.8 Å². The number of rotatable bonds is 8. The summed E-state index contributed by atoms with van der Waals surface area (Å²) in [4.78, 5) is 0.0944. The number of methoxy groups -OCH3 is 1. The van der Waals surface area contributed by atoms with E-state index in [1.165, 1.54) is 13.2 Å². The van der Waals surface area contributed by atoms with Gasteiger partial charge in [0.2, 0.25) is 10.0 Å². The Bertz CT molecular complexity index is 569. The van der Waals surface area contributed by atoms with Crippen LogP contribution in [0.25, 0.3) is 0 Å². The number of benzene rings is 1. The molecule has 1 aromatic rings. The lowest BCUT2D eigenvalue weighted by Crippen LogP contribution is -2.25. The van der Waals surface area contributed by atoms with E-state index in [9.17, 15) is 8.42 Å². The van der Waals surface area contributed by atoms with Crippen molar-refractivity contribution >= 4 is 15.7 Å². The molecule has 0 amide bonds. The van der Waals surface area contributed by atoms with E-state index in [4.69, 9.17) is 10.5 Å². The third kappa shape index (κ3) is 5.21. The molecule has 0 atom stereocenters. The second kappa shape index (κ2) is 7.66. The largest absolute Gasteiger partial charge is 0.495 e. The molecule has 6 heteroatoms. The Balaban J connectivity index is 2.76. The summed E-state index contributed by atoms with van der Waals surface area (Å²) < 4.78 is 32.4. The summed E-state index contributed by atoms with van der Waals surface area (Å²) in [6.07, 6.45) is 2.93. The number of unbranched alkanes of at least 4 members (excludes halogenated alkanes) is 1. The maximum atomic E-state index is 12.3. The first-order chi connectivity index (χ1) is 9.77. The first-order valence-corrected chi connectivity index (χ1v) is 8.70. The molecule has 0 spiro atoms. The molecule has 0 fully saturated rings. The van der Waals surface area contributed by atoms with E-state index in [1.807, 2.05) is 6.92 Å². The lowest BCUT2D eigenvalue weighted by Gasteiger charge is -2.13. The van der Waals surface area contributed by atoms with Crippen molar-refractivity contribution in [2.75, 3.05) is 19.4 Å². The Morgan fingerprint density at radius 1 is 1.29 bits per heavy atom. The summed E-state index contributed by atoms with van der Waals surface area (Å²) >= 11 is 0. The monoisotopic (exact) mass is 314 g/mol. The van der Waals surface area contributed by atoms with Gasteiger partial charge in [-0.1, -0.05) is 26.7 Å². The van der Waals surface area contributed by atoms with Gasteiger partial charge in [-0.3, -0.25) is 0 Å². The van der Waals surface area contributed by atoms with Gasteiger partial charge < -0.3 is 10.5 Å². The maximum absolute atomic E-state index is 12.3. The van der Waals surface area contributed by atoms with Crippen LogP contribution in [0.2, 0.25) is 0 Å². The highest BCUT2D eigenvalue weighted by atomic mass is 32.2. The van der Waals surface area contributed by atoms with Gasteiger partial charge in [0.05, 0.1) is 7.11 Å². The molecule has 0 saturated carbocycles. The van der Waals surface area contributed by atoms with E-state index in [0.29, 0.717) is 23.9 Å². The number of hydrogen-bond donors (Lipinski definition) is 2. The lowest BCUT2D eigenvalue weighted by molar-refractivity contribution is 0.402. The zero-order valence-electron chi connectivity index (χ0n) is 13.3. The van der Waals surface area contributed by atoms with Crippen LogP contribution in [0, 0.1) is 12.8 Å². The molecule has 21 heavy (non-hydrogen) atoms. The first-order valence-electron chi connectivity index (χ1n) is 7.21. The first kappa shape index (κ1) is 17.8. The van der Waals surface area contributed by atoms with Crippen molar-refractivity contribution in [3.63, 3.8) is 0 Å². The third-order valence-corrected chi connectivity index (χ3v) is 4.82. The van der Waals surface area contributed by atoms with Gasteiger partial charge in [-0.05, 0) is 37.0 Å². The molecule has 0 aliphatic carbocycles. The number of aryl methyl sites for hydroxylation is 1. The number of nitrogens with one attached hydrogen (secondary N) is 1. The van der Waals surface area contributed by atoms with E-state index in [-0.39, 0.29) is 4.90 Å². The number of anilines is 1. The molecular weight excluding hydrogens is 288 g/mol. The van der Waals surface area contributed by atoms with Crippen molar-refractivity contribution in [1.29, 1.82) is 0 Å². The third-order valence-electron chi connectivity index (χ3n) is 3.34. The predicted molar refractivity (Wildman–Crippen MR) is 86.0 cm³/mol. The Kier molecular flexibility index (Phi) is 6.48. The van der Waals surface area contributed by atoms with Crippen LogP contribution >= 0.6 is 0 Å². The molecule has 0 aliphatic rings. The zero-order chi connectivity index (χ0) is 16.0. The second-order valence-electron chi connectivity index (χ2n) is 5.65. The van der Waals surface area contributed by atoms with Crippen LogP contribution in [0.5, 0.6) is 5.75 Å². The minimum absolute atomic E-state index is 0.0944. The highest BCUT2D eigenvalue weighted by Crippen LogP contribution is 2.28. The minimum atomic E-state index is -3.60. The van der Waals surface area contributed by atoms with Crippen molar-refractivity contribution in [3.8, 4) is 5.75 Å². The molecule has 0 unspecified atom stereocenters. The highest BCUT2D eigenvalue weighted by molar-refractivity contribution is 7.89. The van der Waals surface area contributed by atoms with Gasteiger partial charge in [0, 0.05) is 12.2 Å². The van der Waals surface area contributed by atoms with E-state index in [1.54, 1.807) is 6.07 Å². The maximum Gasteiger partial charge on any atom is 0.244 e. The quantitative estimate of drug-likeness (QED) is 0.571. The molecule has 0 bridgehead atoms. The summed E-state index contributed by atoms with van der Waals surface area (Å²) in [6, 6.07) is 3.09. The fraction of sp³-hybridized carbons (Fsp3) is 0.600. The number of nitrogen functional groups attached to an aromatic ring is 1. The summed E-state index contributed by atoms with van der Waals surface area (Å²) in [6.45, 7) is 6.55. The van der Waals surface area contributed by atoms with Crippen LogP contribution in [0.1, 0.15) is 38.7 Å². The molecule has 0 saturated heterocycles. The Labute approximate surface area is 127 Å². The summed E-state index contributed by atoms with van der Waals surface area (Å²) in [5.74, 6) is 0.954. The van der Waals surface area contributed by atoms with Gasteiger partial charge in [0.25, 0.3) is 0 Å². The molecule has 0 radical (unpaired) electrons. The topological polar surface area (TPSA) is 81.4 Å². The number of nitrogens with two attached hydrogens (primary N) is 1. The molecule has 1 aromatic carbocycles. The van der Waals surface area contributed by atoms with Gasteiger partial charge in [-0.15, -0.1) is 0 Å². The van der Waals surface area contributed by atoms with Crippen molar-refractivity contribution in [3.05, 3.63) is 17.7 Å². The van der Waals surface area contributed by atoms with Crippen LogP contribution in [-0.4, -0.2) is 22.1 Å². The lowest BCUT2D eigenvalue weighted by atomic mass is 10.1. The van der Waals surface area contributed by atoms with Crippen LogP contribution < -0.4 is 15.2 Å². The molecule has 0 aliphatic heterocycles. The second-order valence-corrected chi connectivity index (χ2v) is 7.38. The van der Waals surface area contributed by atoms with Crippen molar-refractivity contribution in [2.24, 2.45) is 5.92 Å². The van der Waals surface area contributed by atoms with Crippen molar-refractivity contribution in [2.45, 2.75) is 44.9 Å². The zero-order valence-corrected chi connectivity index (χ0v) is 14.1. The molecular formula is C15H26N2O3S. The Hall–Kier alpha value is -1.27. The van der Waals surface area contributed by atoms with E-state index < -0.39 is 10.0 Å². The molecule has 3 N–H and O–H groups in total. The van der Waals surface area contributed by atoms with Crippen molar-refractivity contribution < 1.29 is 13.2 Å². The SMILES string of the molecule is COc1cc(C)c(N)cc1S(=O)(=O)NCCCCC(C)C. The molecule has 120 valence electrons. The van der Waals surface area contributed by atoms with E-state index in [2.05, 4.69) is 18.6 Å². The number of sulfonamides is 1. The van der Waals surface area contributed by atoms with Crippen LogP contribution in [0.15, 0.2) is 17.0 Å². The minimum Gasteiger partial charge on any atom is -0.495 e. The normalized spacial score (nSPS) is 11.9. The van der Waals surface area contributed by atoms with Gasteiger partial charge in [-0.25, -0.2) is 13.1 Å². The van der Waals surface area contributed by atoms with Gasteiger partial charge in [0.15, 0.2) is 0 Å².